The van der Waals surface area contributed by atoms with Crippen molar-refractivity contribution in [2.24, 2.45) is 0 Å². The number of hydrogen-bond donors (Lipinski definition) is 3. The number of aliphatic carboxylic acids is 1. The quantitative estimate of drug-likeness (QED) is 0.0228. The predicted molar refractivity (Wildman–Crippen MR) is 312 cm³/mol. The van der Waals surface area contributed by atoms with Crippen LogP contribution >= 0.6 is 0 Å². The topological polar surface area (TPSA) is 175 Å². The van der Waals surface area contributed by atoms with Crippen LogP contribution in [0.4, 0.5) is 0 Å². The summed E-state index contributed by atoms with van der Waals surface area (Å²) in [5, 5.41) is 31.5. The molecule has 12 heteroatoms. The second kappa shape index (κ2) is 53.3. The Labute approximate surface area is 469 Å². The van der Waals surface area contributed by atoms with Crippen molar-refractivity contribution in [1.29, 1.82) is 0 Å². The zero-order valence-electron chi connectivity index (χ0n) is 49.2. The van der Waals surface area contributed by atoms with Crippen molar-refractivity contribution >= 4 is 23.9 Å². The highest BCUT2D eigenvalue weighted by Gasteiger charge is 2.50. The Kier molecular flexibility index (Phi) is 49.7. The second-order valence-corrected chi connectivity index (χ2v) is 21.7. The minimum atomic E-state index is -1.90. The van der Waals surface area contributed by atoms with Gasteiger partial charge in [0, 0.05) is 19.3 Å². The van der Waals surface area contributed by atoms with Crippen molar-refractivity contribution < 1.29 is 58.2 Å². The summed E-state index contributed by atoms with van der Waals surface area (Å²) in [7, 11) is 0. The third kappa shape index (κ3) is 43.2. The van der Waals surface area contributed by atoms with Crippen LogP contribution in [0.2, 0.25) is 0 Å². The van der Waals surface area contributed by atoms with Crippen molar-refractivity contribution in [3.05, 3.63) is 48.6 Å². The van der Waals surface area contributed by atoms with Crippen LogP contribution in [0, 0.1) is 0 Å². The van der Waals surface area contributed by atoms with Crippen LogP contribution in [-0.2, 0) is 42.9 Å². The molecule has 0 amide bonds. The highest BCUT2D eigenvalue weighted by Crippen LogP contribution is 2.27. The molecule has 0 aromatic rings. The van der Waals surface area contributed by atoms with E-state index >= 15 is 0 Å². The molecule has 1 heterocycles. The summed E-state index contributed by atoms with van der Waals surface area (Å²) in [6, 6.07) is 0. The number of unbranched alkanes of at least 4 members (excludes halogenated alkanes) is 32. The molecule has 1 rings (SSSR count). The van der Waals surface area contributed by atoms with Gasteiger partial charge in [0.25, 0.3) is 0 Å². The number of ether oxygens (including phenoxy) is 5. The fourth-order valence-electron chi connectivity index (χ4n) is 9.43. The first-order valence-electron chi connectivity index (χ1n) is 31.6. The summed E-state index contributed by atoms with van der Waals surface area (Å²) in [6.45, 7) is 5.94. The molecule has 12 nitrogen and oxygen atoms in total. The van der Waals surface area contributed by atoms with E-state index in [0.717, 1.165) is 103 Å². The molecule has 77 heavy (non-hydrogen) atoms. The van der Waals surface area contributed by atoms with E-state index in [1.54, 1.807) is 0 Å². The van der Waals surface area contributed by atoms with E-state index < -0.39 is 67.3 Å². The Bertz CT molecular complexity index is 1520. The molecule has 0 aliphatic carbocycles. The van der Waals surface area contributed by atoms with Crippen LogP contribution in [0.15, 0.2) is 48.6 Å². The lowest BCUT2D eigenvalue weighted by Crippen LogP contribution is -2.61. The van der Waals surface area contributed by atoms with Gasteiger partial charge in [-0.15, -0.1) is 0 Å². The Morgan fingerprint density at radius 1 is 0.429 bits per heavy atom. The van der Waals surface area contributed by atoms with Gasteiger partial charge in [-0.05, 0) is 96.3 Å². The molecule has 0 spiro atoms. The first-order valence-corrected chi connectivity index (χ1v) is 31.6. The maximum Gasteiger partial charge on any atom is 0.335 e. The van der Waals surface area contributed by atoms with E-state index in [0.29, 0.717) is 19.3 Å². The van der Waals surface area contributed by atoms with Gasteiger partial charge >= 0.3 is 23.9 Å². The van der Waals surface area contributed by atoms with E-state index in [4.69, 9.17) is 23.7 Å². The first kappa shape index (κ1) is 71.7. The van der Waals surface area contributed by atoms with Crippen LogP contribution in [-0.4, -0.2) is 89.2 Å². The normalized spacial score (nSPS) is 18.3. The van der Waals surface area contributed by atoms with Gasteiger partial charge in [0.2, 0.25) is 0 Å². The maximum absolute atomic E-state index is 13.2. The SMILES string of the molecule is CCCC/C=C\CCCCCCCC(=O)OC1C(OCC(COC(=O)CCCCCCCCCCC/C=C\C/C=C\CCCCC)OC(=O)CCCCCCCCC/C=C\CCCCCCCC)OC(C(=O)O)C(O)C1O. The van der Waals surface area contributed by atoms with Crippen molar-refractivity contribution in [2.75, 3.05) is 13.2 Å². The number of aliphatic hydroxyl groups excluding tert-OH is 2. The standard InChI is InChI=1S/C65H114O12/c1-4-7-10-13-16-19-22-24-26-28-29-31-32-34-37-39-42-45-48-51-57(66)73-54-56(75-58(67)52-49-46-43-41-38-35-33-30-27-25-23-20-17-14-11-8-5-2)55-74-65-63(61(70)60(69)62(77-65)64(71)72)76-59(68)53-50-47-44-40-36-21-18-15-12-9-6-3/h15-16,18-19,24-27,56,60-63,65,69-70H,4-14,17,20-23,28-55H2,1-3H3,(H,71,72)/b18-15-,19-16-,26-24-,27-25-. The van der Waals surface area contributed by atoms with Gasteiger partial charge in [-0.3, -0.25) is 14.4 Å². The molecule has 0 bridgehead atoms. The van der Waals surface area contributed by atoms with Crippen LogP contribution < -0.4 is 0 Å². The molecule has 1 aliphatic rings. The van der Waals surface area contributed by atoms with Gasteiger partial charge in [-0.2, -0.15) is 0 Å². The number of carboxylic acid groups (broad SMARTS) is 1. The number of rotatable bonds is 54. The average Bonchev–Trinajstić information content (AvgIpc) is 3.42. The van der Waals surface area contributed by atoms with Crippen molar-refractivity contribution in [3.63, 3.8) is 0 Å². The van der Waals surface area contributed by atoms with Gasteiger partial charge in [-0.25, -0.2) is 4.79 Å². The number of carboxylic acids is 1. The first-order chi connectivity index (χ1) is 37.6. The molecule has 0 saturated carbocycles. The number of esters is 3. The van der Waals surface area contributed by atoms with Crippen molar-refractivity contribution in [2.45, 2.75) is 327 Å². The monoisotopic (exact) mass is 1090 g/mol. The van der Waals surface area contributed by atoms with Gasteiger partial charge < -0.3 is 39.0 Å². The van der Waals surface area contributed by atoms with Gasteiger partial charge in [0.1, 0.15) is 18.8 Å². The number of aliphatic hydroxyl groups is 2. The van der Waals surface area contributed by atoms with E-state index in [1.165, 1.54) is 128 Å². The highest BCUT2D eigenvalue weighted by atomic mass is 16.7. The third-order valence-corrected chi connectivity index (χ3v) is 14.3. The Morgan fingerprint density at radius 2 is 0.792 bits per heavy atom. The van der Waals surface area contributed by atoms with Crippen LogP contribution in [0.3, 0.4) is 0 Å². The summed E-state index contributed by atoms with van der Waals surface area (Å²) in [5.74, 6) is -3.12. The number of carbonyl (C=O) groups excluding carboxylic acids is 3. The van der Waals surface area contributed by atoms with E-state index in [9.17, 15) is 34.5 Å². The molecule has 0 aromatic heterocycles. The number of carbonyl (C=O) groups is 4. The van der Waals surface area contributed by atoms with Crippen molar-refractivity contribution in [1.82, 2.24) is 0 Å². The smallest absolute Gasteiger partial charge is 0.335 e. The van der Waals surface area contributed by atoms with E-state index in [-0.39, 0.29) is 25.9 Å². The third-order valence-electron chi connectivity index (χ3n) is 14.3. The Balaban J connectivity index is 2.65. The minimum Gasteiger partial charge on any atom is -0.479 e. The molecule has 3 N–H and O–H groups in total. The van der Waals surface area contributed by atoms with Gasteiger partial charge in [-0.1, -0.05) is 223 Å². The molecule has 1 fully saturated rings. The zero-order valence-corrected chi connectivity index (χ0v) is 49.2. The largest absolute Gasteiger partial charge is 0.479 e. The highest BCUT2D eigenvalue weighted by molar-refractivity contribution is 5.74. The Hall–Kier alpha value is -3.32. The second-order valence-electron chi connectivity index (χ2n) is 21.7. The van der Waals surface area contributed by atoms with Crippen LogP contribution in [0.25, 0.3) is 0 Å². The summed E-state index contributed by atoms with van der Waals surface area (Å²) >= 11 is 0. The summed E-state index contributed by atoms with van der Waals surface area (Å²) in [5.41, 5.74) is 0. The fourth-order valence-corrected chi connectivity index (χ4v) is 9.43. The molecular weight excluding hydrogens is 973 g/mol. The predicted octanol–water partition coefficient (Wildman–Crippen LogP) is 16.6. The summed E-state index contributed by atoms with van der Waals surface area (Å²) in [6.07, 6.45) is 52.2. The maximum atomic E-state index is 13.2. The van der Waals surface area contributed by atoms with Crippen LogP contribution in [0.1, 0.15) is 290 Å². The number of allylic oxidation sites excluding steroid dienone is 8. The average molecular weight is 1090 g/mol. The lowest BCUT2D eigenvalue weighted by molar-refractivity contribution is -0.301. The molecule has 0 aromatic carbocycles. The van der Waals surface area contributed by atoms with Gasteiger partial charge in [0.05, 0.1) is 6.61 Å². The van der Waals surface area contributed by atoms with Gasteiger partial charge in [0.15, 0.2) is 24.6 Å². The molecule has 1 saturated heterocycles. The molecule has 1 aliphatic heterocycles. The molecule has 6 unspecified atom stereocenters. The molecule has 0 radical (unpaired) electrons. The zero-order chi connectivity index (χ0) is 56.1. The molecule has 446 valence electrons. The Morgan fingerprint density at radius 3 is 1.25 bits per heavy atom. The molecule has 6 atom stereocenters. The van der Waals surface area contributed by atoms with Crippen molar-refractivity contribution in [3.8, 4) is 0 Å². The lowest BCUT2D eigenvalue weighted by Gasteiger charge is -2.40. The van der Waals surface area contributed by atoms with Crippen LogP contribution in [0.5, 0.6) is 0 Å². The lowest BCUT2D eigenvalue weighted by atomic mass is 9.98. The minimum absolute atomic E-state index is 0.0503. The number of hydrogen-bond acceptors (Lipinski definition) is 11. The van der Waals surface area contributed by atoms with E-state index in [2.05, 4.69) is 69.4 Å². The summed E-state index contributed by atoms with van der Waals surface area (Å²) < 4.78 is 28.5. The van der Waals surface area contributed by atoms with E-state index in [1.807, 2.05) is 0 Å². The molecular formula is C65H114O12. The fraction of sp³-hybridized carbons (Fsp3) is 0.815. The summed E-state index contributed by atoms with van der Waals surface area (Å²) in [4.78, 5) is 51.2.